The maximum atomic E-state index is 10.7. The largest absolute Gasteiger partial charge is 0.357 e. The molecule has 0 aliphatic rings. The highest BCUT2D eigenvalue weighted by Crippen LogP contribution is 2.12. The minimum Gasteiger partial charge on any atom is -0.357 e. The summed E-state index contributed by atoms with van der Waals surface area (Å²) in [7, 11) is 0. The molecule has 0 aliphatic carbocycles. The van der Waals surface area contributed by atoms with Crippen molar-refractivity contribution < 1.29 is 4.92 Å². The molecule has 1 aromatic heterocycles. The van der Waals surface area contributed by atoms with Gasteiger partial charge >= 0.3 is 0 Å². The number of nitro groups is 1. The van der Waals surface area contributed by atoms with Crippen molar-refractivity contribution in [2.24, 2.45) is 4.99 Å². The third kappa shape index (κ3) is 5.62. The Kier molecular flexibility index (Phi) is 6.68. The molecule has 0 amide bonds. The normalized spacial score (nSPS) is 11.3. The summed E-state index contributed by atoms with van der Waals surface area (Å²) in [5.41, 5.74) is 1.01. The van der Waals surface area contributed by atoms with Gasteiger partial charge in [-0.1, -0.05) is 12.1 Å². The Hall–Kier alpha value is -2.48. The molecule has 2 rings (SSSR count). The van der Waals surface area contributed by atoms with Gasteiger partial charge in [0.15, 0.2) is 5.96 Å². The predicted molar refractivity (Wildman–Crippen MR) is 96.5 cm³/mol. The topological polar surface area (TPSA) is 92.5 Å². The first kappa shape index (κ1) is 17.9. The zero-order chi connectivity index (χ0) is 17.4. The summed E-state index contributed by atoms with van der Waals surface area (Å²) in [6.07, 6.45) is 2.73. The lowest BCUT2D eigenvalue weighted by Gasteiger charge is -2.10. The molecule has 0 atom stereocenters. The van der Waals surface area contributed by atoms with Gasteiger partial charge in [0, 0.05) is 42.7 Å². The second-order valence-electron chi connectivity index (χ2n) is 5.16. The zero-order valence-corrected chi connectivity index (χ0v) is 14.6. The molecule has 128 valence electrons. The van der Waals surface area contributed by atoms with Crippen LogP contribution < -0.4 is 10.6 Å². The molecule has 0 radical (unpaired) electrons. The first-order chi connectivity index (χ1) is 11.6. The van der Waals surface area contributed by atoms with Gasteiger partial charge < -0.3 is 10.6 Å². The minimum atomic E-state index is -0.404. The van der Waals surface area contributed by atoms with Crippen LogP contribution in [0, 0.1) is 17.0 Å². The highest BCUT2D eigenvalue weighted by atomic mass is 32.1. The van der Waals surface area contributed by atoms with E-state index in [4.69, 9.17) is 0 Å². The summed E-state index contributed by atoms with van der Waals surface area (Å²) in [6, 6.07) is 6.44. The van der Waals surface area contributed by atoms with Crippen molar-refractivity contribution in [3.8, 4) is 0 Å². The van der Waals surface area contributed by atoms with E-state index >= 15 is 0 Å². The van der Waals surface area contributed by atoms with Gasteiger partial charge in [-0.15, -0.1) is 11.3 Å². The minimum absolute atomic E-state index is 0.0894. The fourth-order valence-electron chi connectivity index (χ4n) is 2.04. The summed E-state index contributed by atoms with van der Waals surface area (Å²) in [4.78, 5) is 20.3. The van der Waals surface area contributed by atoms with Crippen molar-refractivity contribution in [2.45, 2.75) is 26.8 Å². The molecule has 0 aliphatic heterocycles. The number of thiazole rings is 1. The van der Waals surface area contributed by atoms with E-state index in [0.717, 1.165) is 36.0 Å². The molecule has 8 heteroatoms. The van der Waals surface area contributed by atoms with Gasteiger partial charge in [-0.3, -0.25) is 10.1 Å². The van der Waals surface area contributed by atoms with Crippen LogP contribution in [0.4, 0.5) is 5.69 Å². The lowest BCUT2D eigenvalue weighted by molar-refractivity contribution is -0.384. The summed E-state index contributed by atoms with van der Waals surface area (Å²) < 4.78 is 0. The summed E-state index contributed by atoms with van der Waals surface area (Å²) >= 11 is 1.70. The SMILES string of the molecule is CCNC(=NCc1ccc([N+](=O)[O-])cc1)NCCc1ncc(C)s1. The number of nitro benzene ring substituents is 1. The standard InChI is InChI=1S/C16H21N5O2S/c1-3-17-16(18-9-8-15-19-10-12(2)24-15)20-11-13-4-6-14(7-5-13)21(22)23/h4-7,10H,3,8-9,11H2,1-2H3,(H2,17,18,20). The molecule has 0 fully saturated rings. The fourth-order valence-corrected chi connectivity index (χ4v) is 2.83. The van der Waals surface area contributed by atoms with Gasteiger partial charge in [0.25, 0.3) is 5.69 Å². The molecule has 0 spiro atoms. The Morgan fingerprint density at radius 2 is 2.08 bits per heavy atom. The quantitative estimate of drug-likeness (QED) is 0.348. The van der Waals surface area contributed by atoms with Gasteiger partial charge in [0.2, 0.25) is 0 Å². The summed E-state index contributed by atoms with van der Waals surface area (Å²) in [6.45, 7) is 6.03. The van der Waals surface area contributed by atoms with Gasteiger partial charge in [-0.05, 0) is 19.4 Å². The van der Waals surface area contributed by atoms with Crippen LogP contribution in [-0.4, -0.2) is 29.0 Å². The Bertz CT molecular complexity index is 697. The van der Waals surface area contributed by atoms with E-state index in [1.165, 1.54) is 17.0 Å². The summed E-state index contributed by atoms with van der Waals surface area (Å²) in [5.74, 6) is 0.726. The van der Waals surface area contributed by atoms with Crippen molar-refractivity contribution in [2.75, 3.05) is 13.1 Å². The van der Waals surface area contributed by atoms with E-state index in [0.29, 0.717) is 6.54 Å². The van der Waals surface area contributed by atoms with Gasteiger partial charge in [0.1, 0.15) is 0 Å². The van der Waals surface area contributed by atoms with Crippen molar-refractivity contribution >= 4 is 23.0 Å². The number of non-ortho nitro benzene ring substituents is 1. The molecule has 24 heavy (non-hydrogen) atoms. The molecule has 2 N–H and O–H groups in total. The van der Waals surface area contributed by atoms with Crippen LogP contribution in [0.5, 0.6) is 0 Å². The van der Waals surface area contributed by atoms with Crippen LogP contribution >= 0.6 is 11.3 Å². The first-order valence-corrected chi connectivity index (χ1v) is 8.57. The van der Waals surface area contributed by atoms with E-state index in [2.05, 4.69) is 20.6 Å². The number of aryl methyl sites for hydroxylation is 1. The third-order valence-electron chi connectivity index (χ3n) is 3.21. The van der Waals surface area contributed by atoms with Crippen LogP contribution in [-0.2, 0) is 13.0 Å². The Labute approximate surface area is 145 Å². The van der Waals surface area contributed by atoms with E-state index in [1.54, 1.807) is 23.5 Å². The van der Waals surface area contributed by atoms with Crippen molar-refractivity contribution in [1.82, 2.24) is 15.6 Å². The van der Waals surface area contributed by atoms with E-state index in [-0.39, 0.29) is 5.69 Å². The number of nitrogens with zero attached hydrogens (tertiary/aromatic N) is 3. The number of hydrogen-bond acceptors (Lipinski definition) is 5. The van der Waals surface area contributed by atoms with Gasteiger partial charge in [-0.25, -0.2) is 9.98 Å². The highest BCUT2D eigenvalue weighted by Gasteiger charge is 2.04. The average molecular weight is 347 g/mol. The van der Waals surface area contributed by atoms with Crippen LogP contribution in [0.1, 0.15) is 22.4 Å². The van der Waals surface area contributed by atoms with Crippen molar-refractivity contribution in [1.29, 1.82) is 0 Å². The van der Waals surface area contributed by atoms with Crippen molar-refractivity contribution in [3.05, 3.63) is 56.0 Å². The molecule has 7 nitrogen and oxygen atoms in total. The number of aromatic nitrogens is 1. The van der Waals surface area contributed by atoms with E-state index < -0.39 is 4.92 Å². The second-order valence-corrected chi connectivity index (χ2v) is 6.48. The van der Waals surface area contributed by atoms with Crippen LogP contribution in [0.3, 0.4) is 0 Å². The van der Waals surface area contributed by atoms with E-state index in [9.17, 15) is 10.1 Å². The van der Waals surface area contributed by atoms with Crippen molar-refractivity contribution in [3.63, 3.8) is 0 Å². The molecule has 0 saturated heterocycles. The number of aliphatic imine (C=N–C) groups is 1. The van der Waals surface area contributed by atoms with Gasteiger partial charge in [-0.2, -0.15) is 0 Å². The second kappa shape index (κ2) is 8.97. The van der Waals surface area contributed by atoms with Crippen LogP contribution in [0.25, 0.3) is 0 Å². The maximum absolute atomic E-state index is 10.7. The molecule has 0 unspecified atom stereocenters. The van der Waals surface area contributed by atoms with Gasteiger partial charge in [0.05, 0.1) is 16.5 Å². The Morgan fingerprint density at radius 1 is 1.33 bits per heavy atom. The molecule has 0 saturated carbocycles. The lowest BCUT2D eigenvalue weighted by atomic mass is 10.2. The Morgan fingerprint density at radius 3 is 2.67 bits per heavy atom. The maximum Gasteiger partial charge on any atom is 0.269 e. The van der Waals surface area contributed by atoms with Crippen LogP contribution in [0.15, 0.2) is 35.5 Å². The predicted octanol–water partition coefficient (Wildman–Crippen LogP) is 2.66. The molecule has 1 heterocycles. The van der Waals surface area contributed by atoms with E-state index in [1.807, 2.05) is 20.0 Å². The monoisotopic (exact) mass is 347 g/mol. The highest BCUT2D eigenvalue weighted by molar-refractivity contribution is 7.11. The average Bonchev–Trinajstić information content (AvgIpc) is 2.98. The molecular weight excluding hydrogens is 326 g/mol. The number of benzene rings is 1. The van der Waals surface area contributed by atoms with Crippen LogP contribution in [0.2, 0.25) is 0 Å². The summed E-state index contributed by atoms with van der Waals surface area (Å²) in [5, 5.41) is 18.2. The molecule has 1 aromatic carbocycles. The molecule has 0 bridgehead atoms. The zero-order valence-electron chi connectivity index (χ0n) is 13.8. The number of rotatable bonds is 7. The lowest BCUT2D eigenvalue weighted by Crippen LogP contribution is -2.38. The Balaban J connectivity index is 1.88. The molecule has 2 aromatic rings. The fraction of sp³-hybridized carbons (Fsp3) is 0.375. The number of nitrogens with one attached hydrogen (secondary N) is 2. The molecular formula is C16H21N5O2S. The number of hydrogen-bond donors (Lipinski definition) is 2. The third-order valence-corrected chi connectivity index (χ3v) is 4.18. The number of guanidine groups is 1. The first-order valence-electron chi connectivity index (χ1n) is 7.75. The smallest absolute Gasteiger partial charge is 0.269 e.